The van der Waals surface area contributed by atoms with Crippen molar-refractivity contribution >= 4 is 15.9 Å². The first-order chi connectivity index (χ1) is 9.69. The molecule has 1 aromatic carbocycles. The number of benzene rings is 1. The Morgan fingerprint density at radius 2 is 2.25 bits per heavy atom. The molecule has 5 nitrogen and oxygen atoms in total. The van der Waals surface area contributed by atoms with Gasteiger partial charge in [-0.3, -0.25) is 4.79 Å². The highest BCUT2D eigenvalue weighted by molar-refractivity contribution is 9.10. The van der Waals surface area contributed by atoms with Crippen LogP contribution in [0.5, 0.6) is 5.75 Å². The number of nitrogens with one attached hydrogen (secondary N) is 2. The first kappa shape index (κ1) is 13.3. The van der Waals surface area contributed by atoms with Gasteiger partial charge in [-0.05, 0) is 34.1 Å². The van der Waals surface area contributed by atoms with Crippen molar-refractivity contribution in [3.05, 3.63) is 44.3 Å². The average molecular weight is 336 g/mol. The fourth-order valence-corrected chi connectivity index (χ4v) is 2.84. The van der Waals surface area contributed by atoms with E-state index in [0.717, 1.165) is 40.0 Å². The summed E-state index contributed by atoms with van der Waals surface area (Å²) in [5, 5.41) is 3.18. The summed E-state index contributed by atoms with van der Waals surface area (Å²) in [6, 6.07) is 5.63. The van der Waals surface area contributed by atoms with Crippen LogP contribution in [0.3, 0.4) is 0 Å². The third-order valence-electron chi connectivity index (χ3n) is 3.37. The fourth-order valence-electron chi connectivity index (χ4n) is 2.30. The standard InChI is InChI=1S/C14H14BrN3O2/c1-20-12-3-2-8(6-10(12)15)13-17-11-4-5-16-7-9(11)14(19)18-13/h2-3,6,16H,4-5,7H2,1H3,(H,17,18,19). The van der Waals surface area contributed by atoms with E-state index in [1.54, 1.807) is 7.11 Å². The number of halogens is 1. The first-order valence-corrected chi connectivity index (χ1v) is 7.15. The highest BCUT2D eigenvalue weighted by atomic mass is 79.9. The summed E-state index contributed by atoms with van der Waals surface area (Å²) in [4.78, 5) is 19.5. The minimum absolute atomic E-state index is 0.0656. The Kier molecular flexibility index (Phi) is 3.58. The molecule has 0 saturated carbocycles. The highest BCUT2D eigenvalue weighted by Crippen LogP contribution is 2.29. The average Bonchev–Trinajstić information content (AvgIpc) is 2.47. The van der Waals surface area contributed by atoms with Gasteiger partial charge in [0.1, 0.15) is 11.6 Å². The topological polar surface area (TPSA) is 67.0 Å². The molecule has 2 heterocycles. The minimum atomic E-state index is -0.0656. The maximum Gasteiger partial charge on any atom is 0.255 e. The molecule has 104 valence electrons. The van der Waals surface area contributed by atoms with Gasteiger partial charge in [-0.1, -0.05) is 0 Å². The van der Waals surface area contributed by atoms with Gasteiger partial charge in [-0.2, -0.15) is 0 Å². The molecule has 0 amide bonds. The molecule has 0 spiro atoms. The largest absolute Gasteiger partial charge is 0.496 e. The number of hydrogen-bond acceptors (Lipinski definition) is 4. The molecule has 1 aromatic heterocycles. The van der Waals surface area contributed by atoms with Gasteiger partial charge in [0.2, 0.25) is 0 Å². The molecule has 0 atom stereocenters. The monoisotopic (exact) mass is 335 g/mol. The molecule has 0 unspecified atom stereocenters. The molecule has 6 heteroatoms. The molecule has 0 fully saturated rings. The van der Waals surface area contributed by atoms with E-state index in [2.05, 4.69) is 31.2 Å². The summed E-state index contributed by atoms with van der Waals surface area (Å²) in [5.74, 6) is 1.34. The first-order valence-electron chi connectivity index (χ1n) is 6.35. The Hall–Kier alpha value is -1.66. The summed E-state index contributed by atoms with van der Waals surface area (Å²) in [6.07, 6.45) is 0.781. The zero-order valence-electron chi connectivity index (χ0n) is 11.0. The summed E-state index contributed by atoms with van der Waals surface area (Å²) >= 11 is 3.44. The molecule has 0 radical (unpaired) electrons. The van der Waals surface area contributed by atoms with Crippen molar-refractivity contribution in [1.82, 2.24) is 15.3 Å². The number of hydrogen-bond donors (Lipinski definition) is 2. The number of nitrogens with zero attached hydrogens (tertiary/aromatic N) is 1. The zero-order chi connectivity index (χ0) is 14.1. The second-order valence-corrected chi connectivity index (χ2v) is 5.47. The molecule has 0 bridgehead atoms. The number of aromatic amines is 1. The van der Waals surface area contributed by atoms with Crippen LogP contribution in [0.25, 0.3) is 11.4 Å². The molecule has 2 N–H and O–H groups in total. The van der Waals surface area contributed by atoms with E-state index < -0.39 is 0 Å². The third-order valence-corrected chi connectivity index (χ3v) is 3.99. The highest BCUT2D eigenvalue weighted by Gasteiger charge is 2.16. The third kappa shape index (κ3) is 2.36. The molecule has 0 aliphatic carbocycles. The van der Waals surface area contributed by atoms with E-state index >= 15 is 0 Å². The molecular formula is C14H14BrN3O2. The van der Waals surface area contributed by atoms with Crippen molar-refractivity contribution in [3.8, 4) is 17.1 Å². The van der Waals surface area contributed by atoms with Crippen molar-refractivity contribution in [1.29, 1.82) is 0 Å². The van der Waals surface area contributed by atoms with Crippen LogP contribution in [0.2, 0.25) is 0 Å². The van der Waals surface area contributed by atoms with Crippen LogP contribution in [-0.4, -0.2) is 23.6 Å². The van der Waals surface area contributed by atoms with Crippen LogP contribution in [-0.2, 0) is 13.0 Å². The number of methoxy groups -OCH3 is 1. The van der Waals surface area contributed by atoms with Gasteiger partial charge in [-0.25, -0.2) is 4.98 Å². The quantitative estimate of drug-likeness (QED) is 0.878. The van der Waals surface area contributed by atoms with Gasteiger partial charge < -0.3 is 15.0 Å². The van der Waals surface area contributed by atoms with Crippen LogP contribution >= 0.6 is 15.9 Å². The molecule has 20 heavy (non-hydrogen) atoms. The number of fused-ring (bicyclic) bond motifs is 1. The Morgan fingerprint density at radius 1 is 1.40 bits per heavy atom. The smallest absolute Gasteiger partial charge is 0.255 e. The number of aromatic nitrogens is 2. The van der Waals surface area contributed by atoms with Crippen molar-refractivity contribution < 1.29 is 4.74 Å². The lowest BCUT2D eigenvalue weighted by Crippen LogP contribution is -2.31. The van der Waals surface area contributed by atoms with E-state index in [0.29, 0.717) is 12.4 Å². The second kappa shape index (κ2) is 5.38. The van der Waals surface area contributed by atoms with Gasteiger partial charge >= 0.3 is 0 Å². The van der Waals surface area contributed by atoms with Crippen LogP contribution < -0.4 is 15.6 Å². The predicted molar refractivity (Wildman–Crippen MR) is 80.0 cm³/mol. The SMILES string of the molecule is COc1ccc(-c2nc3c(c(=O)[nH]2)CNCC3)cc1Br. The van der Waals surface area contributed by atoms with Gasteiger partial charge in [0.25, 0.3) is 5.56 Å². The Bertz CT molecular complexity index is 712. The van der Waals surface area contributed by atoms with Crippen molar-refractivity contribution in [2.45, 2.75) is 13.0 Å². The molecule has 1 aliphatic heterocycles. The van der Waals surface area contributed by atoms with Crippen LogP contribution in [0.15, 0.2) is 27.5 Å². The predicted octanol–water partition coefficient (Wildman–Crippen LogP) is 1.85. The molecule has 1 aliphatic rings. The molecular weight excluding hydrogens is 322 g/mol. The van der Waals surface area contributed by atoms with Crippen molar-refractivity contribution in [3.63, 3.8) is 0 Å². The molecule has 0 saturated heterocycles. The van der Waals surface area contributed by atoms with Gasteiger partial charge in [0.05, 0.1) is 22.8 Å². The van der Waals surface area contributed by atoms with E-state index in [-0.39, 0.29) is 5.56 Å². The van der Waals surface area contributed by atoms with Crippen molar-refractivity contribution in [2.24, 2.45) is 0 Å². The maximum absolute atomic E-state index is 12.1. The van der Waals surface area contributed by atoms with E-state index in [1.807, 2.05) is 18.2 Å². The van der Waals surface area contributed by atoms with Gasteiger partial charge in [0.15, 0.2) is 0 Å². The summed E-state index contributed by atoms with van der Waals surface area (Å²) in [7, 11) is 1.62. The maximum atomic E-state index is 12.1. The van der Waals surface area contributed by atoms with E-state index in [4.69, 9.17) is 4.74 Å². The van der Waals surface area contributed by atoms with E-state index in [9.17, 15) is 4.79 Å². The van der Waals surface area contributed by atoms with Crippen LogP contribution in [0.1, 0.15) is 11.3 Å². The lowest BCUT2D eigenvalue weighted by molar-refractivity contribution is 0.412. The Balaban J connectivity index is 2.08. The molecule has 3 rings (SSSR count). The summed E-state index contributed by atoms with van der Waals surface area (Å²) < 4.78 is 6.04. The second-order valence-electron chi connectivity index (χ2n) is 4.62. The van der Waals surface area contributed by atoms with Crippen LogP contribution in [0, 0.1) is 0 Å². The van der Waals surface area contributed by atoms with E-state index in [1.165, 1.54) is 0 Å². The van der Waals surface area contributed by atoms with Crippen molar-refractivity contribution in [2.75, 3.05) is 13.7 Å². The minimum Gasteiger partial charge on any atom is -0.496 e. The normalized spacial score (nSPS) is 13.9. The number of H-pyrrole nitrogens is 1. The zero-order valence-corrected chi connectivity index (χ0v) is 12.6. The Labute approximate surface area is 124 Å². The lowest BCUT2D eigenvalue weighted by Gasteiger charge is -2.16. The summed E-state index contributed by atoms with van der Waals surface area (Å²) in [6.45, 7) is 1.44. The molecule has 2 aromatic rings. The van der Waals surface area contributed by atoms with Crippen LogP contribution in [0.4, 0.5) is 0 Å². The number of rotatable bonds is 2. The Morgan fingerprint density at radius 3 is 3.00 bits per heavy atom. The van der Waals surface area contributed by atoms with Gasteiger partial charge in [0, 0.05) is 25.1 Å². The fraction of sp³-hybridized carbons (Fsp3) is 0.286. The lowest BCUT2D eigenvalue weighted by atomic mass is 10.1. The van der Waals surface area contributed by atoms with Gasteiger partial charge in [-0.15, -0.1) is 0 Å². The number of ether oxygens (including phenoxy) is 1. The summed E-state index contributed by atoms with van der Waals surface area (Å²) in [5.41, 5.74) is 2.42.